The summed E-state index contributed by atoms with van der Waals surface area (Å²) in [6.07, 6.45) is 2.49. The minimum absolute atomic E-state index is 0.0328. The predicted octanol–water partition coefficient (Wildman–Crippen LogP) is 3.75. The first-order chi connectivity index (χ1) is 15.6. The molecule has 0 saturated heterocycles. The maximum atomic E-state index is 13.0. The van der Waals surface area contributed by atoms with Gasteiger partial charge in [-0.25, -0.2) is 4.98 Å². The zero-order valence-electron chi connectivity index (χ0n) is 17.1. The predicted molar refractivity (Wildman–Crippen MR) is 119 cm³/mol. The Morgan fingerprint density at radius 3 is 2.69 bits per heavy atom. The number of aromatic amines is 1. The second-order valence-corrected chi connectivity index (χ2v) is 8.23. The topological polar surface area (TPSA) is 105 Å². The van der Waals surface area contributed by atoms with Crippen LogP contribution in [0.3, 0.4) is 0 Å². The molecule has 1 aliphatic rings. The molecule has 0 spiro atoms. The number of amides is 1. The molecule has 0 atom stereocenters. The molecular formula is C23H20ClN5O3. The van der Waals surface area contributed by atoms with E-state index in [1.165, 1.54) is 0 Å². The summed E-state index contributed by atoms with van der Waals surface area (Å²) in [5, 5.41) is 9.36. The third-order valence-corrected chi connectivity index (χ3v) is 5.66. The van der Waals surface area contributed by atoms with Gasteiger partial charge >= 0.3 is 0 Å². The first kappa shape index (κ1) is 20.4. The van der Waals surface area contributed by atoms with E-state index in [1.54, 1.807) is 47.4 Å². The maximum Gasteiger partial charge on any atom is 0.258 e. The molecule has 1 amide bonds. The molecule has 2 aromatic carbocycles. The minimum Gasteiger partial charge on any atom is -0.419 e. The number of H-pyrrole nitrogens is 1. The summed E-state index contributed by atoms with van der Waals surface area (Å²) in [5.74, 6) is 1.24. The summed E-state index contributed by atoms with van der Waals surface area (Å²) >= 11 is 5.93. The van der Waals surface area contributed by atoms with Crippen molar-refractivity contribution in [2.45, 2.75) is 38.3 Å². The highest BCUT2D eigenvalue weighted by Gasteiger charge is 2.33. The van der Waals surface area contributed by atoms with Crippen molar-refractivity contribution in [2.75, 3.05) is 0 Å². The molecule has 32 heavy (non-hydrogen) atoms. The zero-order chi connectivity index (χ0) is 22.1. The van der Waals surface area contributed by atoms with Gasteiger partial charge in [0.1, 0.15) is 5.82 Å². The van der Waals surface area contributed by atoms with Crippen LogP contribution in [0.15, 0.2) is 57.7 Å². The number of nitrogens with zero attached hydrogens (tertiary/aromatic N) is 4. The van der Waals surface area contributed by atoms with Crippen LogP contribution < -0.4 is 5.56 Å². The fourth-order valence-corrected chi connectivity index (χ4v) is 3.73. The largest absolute Gasteiger partial charge is 0.419 e. The van der Waals surface area contributed by atoms with Gasteiger partial charge in [-0.2, -0.15) is 0 Å². The number of carbonyl (C=O) groups is 1. The van der Waals surface area contributed by atoms with Crippen LogP contribution in [-0.4, -0.2) is 37.0 Å². The van der Waals surface area contributed by atoms with Gasteiger partial charge in [0, 0.05) is 29.5 Å². The van der Waals surface area contributed by atoms with E-state index in [2.05, 4.69) is 20.2 Å². The molecule has 0 unspecified atom stereocenters. The van der Waals surface area contributed by atoms with E-state index >= 15 is 0 Å². The van der Waals surface area contributed by atoms with Gasteiger partial charge in [0.2, 0.25) is 17.7 Å². The fraction of sp³-hybridized carbons (Fsp3) is 0.261. The number of benzene rings is 2. The van der Waals surface area contributed by atoms with Crippen LogP contribution in [0.4, 0.5) is 0 Å². The van der Waals surface area contributed by atoms with Gasteiger partial charge in [-0.15, -0.1) is 10.2 Å². The molecular weight excluding hydrogens is 430 g/mol. The Labute approximate surface area is 188 Å². The average Bonchev–Trinajstić information content (AvgIpc) is 3.54. The summed E-state index contributed by atoms with van der Waals surface area (Å²) in [4.78, 5) is 34.2. The number of carbonyl (C=O) groups excluding carboxylic acids is 1. The Bertz CT molecular complexity index is 1330. The van der Waals surface area contributed by atoms with Crippen molar-refractivity contribution < 1.29 is 9.21 Å². The Kier molecular flexibility index (Phi) is 5.45. The van der Waals surface area contributed by atoms with Crippen molar-refractivity contribution >= 4 is 28.4 Å². The molecule has 0 aliphatic heterocycles. The van der Waals surface area contributed by atoms with E-state index in [1.807, 2.05) is 6.07 Å². The van der Waals surface area contributed by atoms with Crippen LogP contribution in [0, 0.1) is 0 Å². The molecule has 0 bridgehead atoms. The molecule has 0 radical (unpaired) electrons. The summed E-state index contributed by atoms with van der Waals surface area (Å²) in [6, 6.07) is 14.5. The highest BCUT2D eigenvalue weighted by molar-refractivity contribution is 6.30. The molecule has 1 saturated carbocycles. The van der Waals surface area contributed by atoms with Crippen molar-refractivity contribution in [1.82, 2.24) is 25.1 Å². The van der Waals surface area contributed by atoms with E-state index < -0.39 is 0 Å². The average molecular weight is 450 g/mol. The molecule has 1 N–H and O–H groups in total. The van der Waals surface area contributed by atoms with Gasteiger partial charge in [-0.3, -0.25) is 9.59 Å². The van der Waals surface area contributed by atoms with Crippen LogP contribution in [0.5, 0.6) is 0 Å². The number of halogens is 1. The lowest BCUT2D eigenvalue weighted by Gasteiger charge is -2.20. The van der Waals surface area contributed by atoms with Crippen molar-refractivity contribution in [3.63, 3.8) is 0 Å². The van der Waals surface area contributed by atoms with Crippen molar-refractivity contribution in [3.8, 4) is 11.5 Å². The number of hydrogen-bond acceptors (Lipinski definition) is 6. The van der Waals surface area contributed by atoms with Gasteiger partial charge in [0.25, 0.3) is 5.56 Å². The van der Waals surface area contributed by atoms with Gasteiger partial charge in [0.05, 0.1) is 17.4 Å². The fourth-order valence-electron chi connectivity index (χ4n) is 3.60. The number of aryl methyl sites for hydroxylation is 1. The van der Waals surface area contributed by atoms with Gasteiger partial charge < -0.3 is 14.3 Å². The minimum atomic E-state index is -0.197. The standard InChI is InChI=1S/C23H20ClN5O3/c24-15-7-5-14(6-8-15)23-28-27-20(32-23)13-29(16-9-10-16)21(30)12-11-19-25-18-4-2-1-3-17(18)22(31)26-19/h1-8,16H,9-13H2,(H,25,26,31). The number of hydrogen-bond donors (Lipinski definition) is 1. The smallest absolute Gasteiger partial charge is 0.258 e. The number of fused-ring (bicyclic) bond motifs is 1. The van der Waals surface area contributed by atoms with Crippen molar-refractivity contribution in [3.05, 3.63) is 75.6 Å². The Balaban J connectivity index is 1.27. The Hall–Kier alpha value is -3.52. The Morgan fingerprint density at radius 2 is 1.91 bits per heavy atom. The molecule has 8 nitrogen and oxygen atoms in total. The molecule has 4 aromatic rings. The van der Waals surface area contributed by atoms with Gasteiger partial charge in [0.15, 0.2) is 0 Å². The molecule has 162 valence electrons. The lowest BCUT2D eigenvalue weighted by Crippen LogP contribution is -2.33. The highest BCUT2D eigenvalue weighted by atomic mass is 35.5. The quantitative estimate of drug-likeness (QED) is 0.460. The number of aromatic nitrogens is 4. The second kappa shape index (κ2) is 8.55. The van der Waals surface area contributed by atoms with Crippen LogP contribution in [0.25, 0.3) is 22.4 Å². The van der Waals surface area contributed by atoms with E-state index in [4.69, 9.17) is 16.0 Å². The van der Waals surface area contributed by atoms with Crippen LogP contribution in [0.2, 0.25) is 5.02 Å². The third kappa shape index (κ3) is 4.40. The summed E-state index contributed by atoms with van der Waals surface area (Å²) in [6.45, 7) is 0.256. The SMILES string of the molecule is O=C(CCc1nc2ccccc2c(=O)[nH]1)N(Cc1nnc(-c2ccc(Cl)cc2)o1)C1CC1. The number of para-hydroxylation sites is 1. The molecule has 9 heteroatoms. The first-order valence-electron chi connectivity index (χ1n) is 10.4. The number of rotatable bonds is 7. The molecule has 2 aromatic heterocycles. The van der Waals surface area contributed by atoms with E-state index in [0.717, 1.165) is 18.4 Å². The Morgan fingerprint density at radius 1 is 1.12 bits per heavy atom. The number of nitrogens with one attached hydrogen (secondary N) is 1. The molecule has 5 rings (SSSR count). The van der Waals surface area contributed by atoms with Crippen LogP contribution >= 0.6 is 11.6 Å². The lowest BCUT2D eigenvalue weighted by atomic mass is 10.2. The monoisotopic (exact) mass is 449 g/mol. The lowest BCUT2D eigenvalue weighted by molar-refractivity contribution is -0.132. The van der Waals surface area contributed by atoms with Gasteiger partial charge in [-0.1, -0.05) is 23.7 Å². The summed E-state index contributed by atoms with van der Waals surface area (Å²) in [5.41, 5.74) is 1.19. The van der Waals surface area contributed by atoms with Crippen molar-refractivity contribution in [1.29, 1.82) is 0 Å². The van der Waals surface area contributed by atoms with Crippen molar-refractivity contribution in [2.24, 2.45) is 0 Å². The van der Waals surface area contributed by atoms with E-state index in [0.29, 0.717) is 40.0 Å². The van der Waals surface area contributed by atoms with Gasteiger partial charge in [-0.05, 0) is 49.2 Å². The summed E-state index contributed by atoms with van der Waals surface area (Å²) < 4.78 is 5.78. The molecule has 1 fully saturated rings. The molecule has 1 aliphatic carbocycles. The van der Waals surface area contributed by atoms with Crippen LogP contribution in [-0.2, 0) is 17.8 Å². The van der Waals surface area contributed by atoms with E-state index in [-0.39, 0.29) is 30.5 Å². The second-order valence-electron chi connectivity index (χ2n) is 7.79. The third-order valence-electron chi connectivity index (χ3n) is 5.41. The first-order valence-corrected chi connectivity index (χ1v) is 10.8. The van der Waals surface area contributed by atoms with E-state index in [9.17, 15) is 9.59 Å². The molecule has 2 heterocycles. The van der Waals surface area contributed by atoms with Crippen LogP contribution in [0.1, 0.15) is 31.0 Å². The maximum absolute atomic E-state index is 13.0. The normalized spacial score (nSPS) is 13.4. The zero-order valence-corrected chi connectivity index (χ0v) is 17.9. The summed E-state index contributed by atoms with van der Waals surface area (Å²) in [7, 11) is 0. The highest BCUT2D eigenvalue weighted by Crippen LogP contribution is 2.29.